The van der Waals surface area contributed by atoms with Gasteiger partial charge in [-0.3, -0.25) is 0 Å². The molecule has 0 saturated carbocycles. The van der Waals surface area contributed by atoms with E-state index in [1.165, 1.54) is 24.3 Å². The molecule has 2 aromatic rings. The predicted molar refractivity (Wildman–Crippen MR) is 85.2 cm³/mol. The molecule has 0 unspecified atom stereocenters. The topological polar surface area (TPSA) is 66.8 Å². The van der Waals surface area contributed by atoms with Gasteiger partial charge in [0.1, 0.15) is 6.61 Å². The number of phenolic OH excluding ortho intramolecular Hbond substituents is 2. The maximum atomic E-state index is 11.5. The highest BCUT2D eigenvalue weighted by molar-refractivity contribution is 5.87. The first-order chi connectivity index (χ1) is 10.6. The van der Waals surface area contributed by atoms with E-state index in [0.717, 1.165) is 5.56 Å². The highest BCUT2D eigenvalue weighted by Gasteiger charge is 1.99. The van der Waals surface area contributed by atoms with Crippen molar-refractivity contribution < 1.29 is 19.7 Å². The number of carbonyl (C=O) groups is 1. The van der Waals surface area contributed by atoms with Crippen molar-refractivity contribution in [3.63, 3.8) is 0 Å². The Labute approximate surface area is 128 Å². The summed E-state index contributed by atoms with van der Waals surface area (Å²) in [6, 6.07) is 14.0. The first-order valence-corrected chi connectivity index (χ1v) is 6.73. The normalized spacial score (nSPS) is 11.1. The Balaban J connectivity index is 1.81. The fourth-order valence-corrected chi connectivity index (χ4v) is 1.74. The van der Waals surface area contributed by atoms with Gasteiger partial charge in [-0.25, -0.2) is 4.79 Å². The second-order valence-corrected chi connectivity index (χ2v) is 4.52. The molecular formula is C18H16O4. The van der Waals surface area contributed by atoms with Crippen LogP contribution in [0.1, 0.15) is 11.1 Å². The van der Waals surface area contributed by atoms with Crippen LogP contribution < -0.4 is 0 Å². The average Bonchev–Trinajstić information content (AvgIpc) is 2.54. The third kappa shape index (κ3) is 4.83. The van der Waals surface area contributed by atoms with Gasteiger partial charge in [-0.05, 0) is 35.4 Å². The minimum absolute atomic E-state index is 0.179. The van der Waals surface area contributed by atoms with Crippen LogP contribution in [0.15, 0.2) is 60.7 Å². The van der Waals surface area contributed by atoms with Crippen LogP contribution in [0, 0.1) is 0 Å². The molecule has 0 spiro atoms. The second kappa shape index (κ2) is 7.69. The first kappa shape index (κ1) is 15.4. The Morgan fingerprint density at radius 2 is 1.73 bits per heavy atom. The van der Waals surface area contributed by atoms with Gasteiger partial charge in [-0.1, -0.05) is 42.5 Å². The fraction of sp³-hybridized carbons (Fsp3) is 0.0556. The van der Waals surface area contributed by atoms with Gasteiger partial charge in [0.05, 0.1) is 0 Å². The van der Waals surface area contributed by atoms with E-state index in [9.17, 15) is 15.0 Å². The van der Waals surface area contributed by atoms with Crippen LogP contribution in [-0.2, 0) is 9.53 Å². The largest absolute Gasteiger partial charge is 0.504 e. The van der Waals surface area contributed by atoms with E-state index in [-0.39, 0.29) is 18.1 Å². The third-order valence-electron chi connectivity index (χ3n) is 2.84. The fourth-order valence-electron chi connectivity index (χ4n) is 1.74. The summed E-state index contributed by atoms with van der Waals surface area (Å²) in [5.41, 5.74) is 1.63. The Kier molecular flexibility index (Phi) is 5.37. The summed E-state index contributed by atoms with van der Waals surface area (Å²) in [6.45, 7) is 0.179. The van der Waals surface area contributed by atoms with Crippen molar-refractivity contribution in [3.8, 4) is 11.5 Å². The van der Waals surface area contributed by atoms with Crippen molar-refractivity contribution in [3.05, 3.63) is 71.8 Å². The lowest BCUT2D eigenvalue weighted by atomic mass is 10.2. The summed E-state index contributed by atoms with van der Waals surface area (Å²) in [5.74, 6) is -0.919. The van der Waals surface area contributed by atoms with Crippen molar-refractivity contribution >= 4 is 18.1 Å². The molecule has 112 valence electrons. The molecule has 22 heavy (non-hydrogen) atoms. The van der Waals surface area contributed by atoms with Crippen LogP contribution in [0.5, 0.6) is 11.5 Å². The Bertz CT molecular complexity index is 687. The zero-order chi connectivity index (χ0) is 15.8. The number of carbonyl (C=O) groups excluding carboxylic acids is 1. The third-order valence-corrected chi connectivity index (χ3v) is 2.84. The summed E-state index contributed by atoms with van der Waals surface area (Å²) in [5, 5.41) is 18.5. The molecule has 0 aliphatic carbocycles. The second-order valence-electron chi connectivity index (χ2n) is 4.52. The molecule has 0 bridgehead atoms. The van der Waals surface area contributed by atoms with Crippen LogP contribution in [-0.4, -0.2) is 22.8 Å². The lowest BCUT2D eigenvalue weighted by Gasteiger charge is -1.99. The predicted octanol–water partition coefficient (Wildman–Crippen LogP) is 3.37. The molecule has 0 atom stereocenters. The molecule has 4 nitrogen and oxygen atoms in total. The number of aromatic hydroxyl groups is 2. The Hall–Kier alpha value is -3.01. The monoisotopic (exact) mass is 296 g/mol. The smallest absolute Gasteiger partial charge is 0.331 e. The maximum absolute atomic E-state index is 11.5. The van der Waals surface area contributed by atoms with Crippen LogP contribution in [0.4, 0.5) is 0 Å². The van der Waals surface area contributed by atoms with Crippen molar-refractivity contribution in [2.24, 2.45) is 0 Å². The molecule has 0 heterocycles. The van der Waals surface area contributed by atoms with Gasteiger partial charge >= 0.3 is 5.97 Å². The van der Waals surface area contributed by atoms with Crippen molar-refractivity contribution in [2.75, 3.05) is 6.61 Å². The zero-order valence-corrected chi connectivity index (χ0v) is 11.8. The number of rotatable bonds is 5. The Morgan fingerprint density at radius 3 is 2.45 bits per heavy atom. The van der Waals surface area contributed by atoms with Crippen molar-refractivity contribution in [2.45, 2.75) is 0 Å². The van der Waals surface area contributed by atoms with Crippen molar-refractivity contribution in [1.29, 1.82) is 0 Å². The minimum Gasteiger partial charge on any atom is -0.504 e. The lowest BCUT2D eigenvalue weighted by molar-refractivity contribution is -0.136. The van der Waals surface area contributed by atoms with Gasteiger partial charge in [0, 0.05) is 6.08 Å². The van der Waals surface area contributed by atoms with E-state index in [0.29, 0.717) is 5.56 Å². The summed E-state index contributed by atoms with van der Waals surface area (Å²) in [7, 11) is 0. The van der Waals surface area contributed by atoms with Gasteiger partial charge in [0.2, 0.25) is 0 Å². The summed E-state index contributed by atoms with van der Waals surface area (Å²) < 4.78 is 5.02. The molecule has 0 aliphatic heterocycles. The van der Waals surface area contributed by atoms with Crippen molar-refractivity contribution in [1.82, 2.24) is 0 Å². The van der Waals surface area contributed by atoms with E-state index in [4.69, 9.17) is 4.74 Å². The number of benzene rings is 2. The molecule has 2 aromatic carbocycles. The van der Waals surface area contributed by atoms with Crippen LogP contribution in [0.2, 0.25) is 0 Å². The molecule has 0 saturated heterocycles. The number of esters is 1. The minimum atomic E-state index is -0.481. The summed E-state index contributed by atoms with van der Waals surface area (Å²) >= 11 is 0. The average molecular weight is 296 g/mol. The molecule has 0 radical (unpaired) electrons. The SMILES string of the molecule is O=C(/C=C\c1ccc(O)c(O)c1)OCC=Cc1ccccc1. The van der Waals surface area contributed by atoms with Gasteiger partial charge in [0.25, 0.3) is 0 Å². The highest BCUT2D eigenvalue weighted by Crippen LogP contribution is 2.25. The number of ether oxygens (including phenoxy) is 1. The quantitative estimate of drug-likeness (QED) is 0.504. The molecule has 0 aliphatic rings. The Morgan fingerprint density at radius 1 is 0.955 bits per heavy atom. The maximum Gasteiger partial charge on any atom is 0.331 e. The molecule has 4 heteroatoms. The molecule has 2 rings (SSSR count). The highest BCUT2D eigenvalue weighted by atomic mass is 16.5. The van der Waals surface area contributed by atoms with E-state index in [1.807, 2.05) is 36.4 Å². The van der Waals surface area contributed by atoms with E-state index >= 15 is 0 Å². The van der Waals surface area contributed by atoms with E-state index in [1.54, 1.807) is 12.1 Å². The lowest BCUT2D eigenvalue weighted by Crippen LogP contribution is -1.99. The number of hydrogen-bond donors (Lipinski definition) is 2. The molecule has 0 fully saturated rings. The summed E-state index contributed by atoms with van der Waals surface area (Å²) in [4.78, 5) is 11.5. The molecule has 2 N–H and O–H groups in total. The van der Waals surface area contributed by atoms with E-state index in [2.05, 4.69) is 0 Å². The zero-order valence-electron chi connectivity index (χ0n) is 11.8. The van der Waals surface area contributed by atoms with Crippen LogP contribution in [0.3, 0.4) is 0 Å². The molecule has 0 amide bonds. The van der Waals surface area contributed by atoms with Gasteiger partial charge in [0.15, 0.2) is 11.5 Å². The molecular weight excluding hydrogens is 280 g/mol. The first-order valence-electron chi connectivity index (χ1n) is 6.73. The van der Waals surface area contributed by atoms with Crippen LogP contribution >= 0.6 is 0 Å². The standard InChI is InChI=1S/C18H16O4/c19-16-10-8-15(13-17(16)20)9-11-18(21)22-12-4-7-14-5-2-1-3-6-14/h1-11,13,19-20H,12H2/b7-4?,11-9-. The molecule has 0 aromatic heterocycles. The van der Waals surface area contributed by atoms with Gasteiger partial charge in [-0.2, -0.15) is 0 Å². The van der Waals surface area contributed by atoms with Crippen LogP contribution in [0.25, 0.3) is 12.2 Å². The summed E-state index contributed by atoms with van der Waals surface area (Å²) in [6.07, 6.45) is 6.40. The van der Waals surface area contributed by atoms with Gasteiger partial charge in [-0.15, -0.1) is 0 Å². The van der Waals surface area contributed by atoms with E-state index < -0.39 is 5.97 Å². The van der Waals surface area contributed by atoms with Gasteiger partial charge < -0.3 is 14.9 Å². The number of hydrogen-bond acceptors (Lipinski definition) is 4. The number of phenols is 2.